The molecule has 4 nitrogen and oxygen atoms in total. The Hall–Kier alpha value is -0.610. The third kappa shape index (κ3) is 3.18. The lowest BCUT2D eigenvalue weighted by Crippen LogP contribution is -2.45. The number of esters is 1. The van der Waals surface area contributed by atoms with Gasteiger partial charge in [-0.1, -0.05) is 6.92 Å². The number of hydrogen-bond acceptors (Lipinski definition) is 4. The van der Waals surface area contributed by atoms with E-state index in [0.717, 1.165) is 13.0 Å². The minimum atomic E-state index is -0.165. The summed E-state index contributed by atoms with van der Waals surface area (Å²) in [5.41, 5.74) is 0. The normalized spacial score (nSPS) is 29.9. The monoisotopic (exact) mass is 215 g/mol. The summed E-state index contributed by atoms with van der Waals surface area (Å²) in [6.45, 7) is 6.74. The minimum absolute atomic E-state index is 0.117. The average Bonchev–Trinajstić information content (AvgIpc) is 2.62. The molecule has 4 unspecified atom stereocenters. The van der Waals surface area contributed by atoms with Gasteiger partial charge in [-0.25, -0.2) is 0 Å². The molecule has 88 valence electrons. The molecule has 0 aliphatic carbocycles. The lowest BCUT2D eigenvalue weighted by Gasteiger charge is -2.24. The molecule has 1 saturated heterocycles. The zero-order valence-electron chi connectivity index (χ0n) is 9.95. The van der Waals surface area contributed by atoms with E-state index in [4.69, 9.17) is 9.47 Å². The summed E-state index contributed by atoms with van der Waals surface area (Å²) in [6.07, 6.45) is 1.25. The van der Waals surface area contributed by atoms with E-state index in [1.54, 1.807) is 0 Å². The van der Waals surface area contributed by atoms with Crippen LogP contribution in [0.3, 0.4) is 0 Å². The number of ether oxygens (including phenoxy) is 2. The summed E-state index contributed by atoms with van der Waals surface area (Å²) in [5, 5.41) is 3.42. The number of carbonyl (C=O) groups excluding carboxylic acids is 1. The van der Waals surface area contributed by atoms with Crippen molar-refractivity contribution in [3.8, 4) is 0 Å². The molecule has 1 aliphatic rings. The van der Waals surface area contributed by atoms with Gasteiger partial charge in [0, 0.05) is 18.7 Å². The van der Waals surface area contributed by atoms with E-state index >= 15 is 0 Å². The van der Waals surface area contributed by atoms with Crippen molar-refractivity contribution in [2.45, 2.75) is 45.4 Å². The Morgan fingerprint density at radius 2 is 2.20 bits per heavy atom. The van der Waals surface area contributed by atoms with E-state index in [0.29, 0.717) is 6.04 Å². The second kappa shape index (κ2) is 5.47. The van der Waals surface area contributed by atoms with Gasteiger partial charge in [0.25, 0.3) is 0 Å². The quantitative estimate of drug-likeness (QED) is 0.709. The molecule has 0 aromatic rings. The predicted molar refractivity (Wildman–Crippen MR) is 57.6 cm³/mol. The topological polar surface area (TPSA) is 47.6 Å². The summed E-state index contributed by atoms with van der Waals surface area (Å²) < 4.78 is 10.2. The highest BCUT2D eigenvalue weighted by Crippen LogP contribution is 2.15. The standard InChI is InChI=1S/C11H21NO3/c1-7(11(13)14-4)8(2)12-10-5-6-15-9(10)3/h7-10,12H,5-6H2,1-4H3. The van der Waals surface area contributed by atoms with Crippen LogP contribution in [0.1, 0.15) is 27.2 Å². The maximum Gasteiger partial charge on any atom is 0.309 e. The van der Waals surface area contributed by atoms with Crippen LogP contribution in [0.4, 0.5) is 0 Å². The largest absolute Gasteiger partial charge is 0.469 e. The van der Waals surface area contributed by atoms with Crippen LogP contribution in [-0.2, 0) is 14.3 Å². The maximum atomic E-state index is 11.3. The van der Waals surface area contributed by atoms with Crippen molar-refractivity contribution in [3.05, 3.63) is 0 Å². The molecule has 1 rings (SSSR count). The van der Waals surface area contributed by atoms with Crippen LogP contribution in [0, 0.1) is 5.92 Å². The SMILES string of the molecule is COC(=O)C(C)C(C)NC1CCOC1C. The van der Waals surface area contributed by atoms with Crippen LogP contribution in [0.15, 0.2) is 0 Å². The van der Waals surface area contributed by atoms with Crippen molar-refractivity contribution in [1.29, 1.82) is 0 Å². The van der Waals surface area contributed by atoms with Crippen LogP contribution >= 0.6 is 0 Å². The number of rotatable bonds is 4. The first kappa shape index (κ1) is 12.5. The Bertz CT molecular complexity index is 220. The molecule has 1 fully saturated rings. The van der Waals surface area contributed by atoms with Crippen LogP contribution in [-0.4, -0.2) is 37.9 Å². The number of carbonyl (C=O) groups is 1. The molecule has 0 radical (unpaired) electrons. The molecule has 4 heteroatoms. The van der Waals surface area contributed by atoms with E-state index < -0.39 is 0 Å². The van der Waals surface area contributed by atoms with Gasteiger partial charge in [-0.15, -0.1) is 0 Å². The van der Waals surface area contributed by atoms with Crippen molar-refractivity contribution in [1.82, 2.24) is 5.32 Å². The van der Waals surface area contributed by atoms with Crippen LogP contribution < -0.4 is 5.32 Å². The van der Waals surface area contributed by atoms with Crippen LogP contribution in [0.5, 0.6) is 0 Å². The first-order valence-corrected chi connectivity index (χ1v) is 5.51. The second-order valence-electron chi connectivity index (χ2n) is 4.24. The molecule has 0 spiro atoms. The number of nitrogens with one attached hydrogen (secondary N) is 1. The molecular weight excluding hydrogens is 194 g/mol. The summed E-state index contributed by atoms with van der Waals surface area (Å²) in [5.74, 6) is -0.288. The van der Waals surface area contributed by atoms with Gasteiger partial charge >= 0.3 is 5.97 Å². The minimum Gasteiger partial charge on any atom is -0.469 e. The van der Waals surface area contributed by atoms with Gasteiger partial charge in [-0.2, -0.15) is 0 Å². The fourth-order valence-corrected chi connectivity index (χ4v) is 1.82. The Morgan fingerprint density at radius 3 is 2.67 bits per heavy atom. The van der Waals surface area contributed by atoms with Gasteiger partial charge in [0.05, 0.1) is 19.1 Å². The average molecular weight is 215 g/mol. The van der Waals surface area contributed by atoms with Gasteiger partial charge in [-0.3, -0.25) is 4.79 Å². The van der Waals surface area contributed by atoms with E-state index in [2.05, 4.69) is 12.2 Å². The Labute approximate surface area is 91.3 Å². The third-order valence-corrected chi connectivity index (χ3v) is 3.18. The van der Waals surface area contributed by atoms with Crippen LogP contribution in [0.2, 0.25) is 0 Å². The Balaban J connectivity index is 2.40. The van der Waals surface area contributed by atoms with Crippen molar-refractivity contribution in [3.63, 3.8) is 0 Å². The first-order chi connectivity index (χ1) is 7.06. The molecule has 0 bridgehead atoms. The zero-order valence-corrected chi connectivity index (χ0v) is 9.95. The van der Waals surface area contributed by atoms with Crippen molar-refractivity contribution in [2.24, 2.45) is 5.92 Å². The van der Waals surface area contributed by atoms with Crippen molar-refractivity contribution in [2.75, 3.05) is 13.7 Å². The van der Waals surface area contributed by atoms with Gasteiger partial charge in [-0.05, 0) is 20.3 Å². The molecule has 15 heavy (non-hydrogen) atoms. The van der Waals surface area contributed by atoms with E-state index in [1.807, 2.05) is 13.8 Å². The molecule has 0 amide bonds. The maximum absolute atomic E-state index is 11.3. The summed E-state index contributed by atoms with van der Waals surface area (Å²) >= 11 is 0. The molecule has 0 aromatic carbocycles. The Morgan fingerprint density at radius 1 is 1.53 bits per heavy atom. The summed E-state index contributed by atoms with van der Waals surface area (Å²) in [6, 6.07) is 0.471. The van der Waals surface area contributed by atoms with E-state index in [9.17, 15) is 4.79 Å². The zero-order chi connectivity index (χ0) is 11.4. The molecule has 1 aliphatic heterocycles. The van der Waals surface area contributed by atoms with Gasteiger partial charge < -0.3 is 14.8 Å². The van der Waals surface area contributed by atoms with E-state index in [1.165, 1.54) is 7.11 Å². The molecule has 1 N–H and O–H groups in total. The fraction of sp³-hybridized carbons (Fsp3) is 0.909. The molecule has 1 heterocycles. The smallest absolute Gasteiger partial charge is 0.309 e. The number of methoxy groups -OCH3 is 1. The molecular formula is C11H21NO3. The third-order valence-electron chi connectivity index (χ3n) is 3.18. The summed E-state index contributed by atoms with van der Waals surface area (Å²) in [7, 11) is 1.42. The lowest BCUT2D eigenvalue weighted by atomic mass is 10.0. The molecule has 4 atom stereocenters. The van der Waals surface area contributed by atoms with Gasteiger partial charge in [0.15, 0.2) is 0 Å². The van der Waals surface area contributed by atoms with Crippen LogP contribution in [0.25, 0.3) is 0 Å². The van der Waals surface area contributed by atoms with Gasteiger partial charge in [0.1, 0.15) is 0 Å². The number of hydrogen-bond donors (Lipinski definition) is 1. The summed E-state index contributed by atoms with van der Waals surface area (Å²) in [4.78, 5) is 11.3. The highest BCUT2D eigenvalue weighted by Gasteiger charge is 2.29. The molecule has 0 saturated carbocycles. The molecule has 0 aromatic heterocycles. The lowest BCUT2D eigenvalue weighted by molar-refractivity contribution is -0.145. The highest BCUT2D eigenvalue weighted by molar-refractivity contribution is 5.72. The fourth-order valence-electron chi connectivity index (χ4n) is 1.82. The van der Waals surface area contributed by atoms with Crippen molar-refractivity contribution < 1.29 is 14.3 Å². The Kier molecular flexibility index (Phi) is 4.54. The van der Waals surface area contributed by atoms with Gasteiger partial charge in [0.2, 0.25) is 0 Å². The second-order valence-corrected chi connectivity index (χ2v) is 4.24. The van der Waals surface area contributed by atoms with Crippen molar-refractivity contribution >= 4 is 5.97 Å². The first-order valence-electron chi connectivity index (χ1n) is 5.51. The van der Waals surface area contributed by atoms with E-state index in [-0.39, 0.29) is 24.0 Å². The predicted octanol–water partition coefficient (Wildman–Crippen LogP) is 0.951. The highest BCUT2D eigenvalue weighted by atomic mass is 16.5.